The second-order valence-corrected chi connectivity index (χ2v) is 9.57. The lowest BCUT2D eigenvalue weighted by Crippen LogP contribution is -2.38. The van der Waals surface area contributed by atoms with E-state index < -0.39 is 11.2 Å². The summed E-state index contributed by atoms with van der Waals surface area (Å²) in [5.74, 6) is -0.797. The summed E-state index contributed by atoms with van der Waals surface area (Å²) in [4.78, 5) is 26.8. The van der Waals surface area contributed by atoms with E-state index in [1.165, 1.54) is 18.2 Å². The Labute approximate surface area is 214 Å². The molecule has 1 aliphatic heterocycles. The Morgan fingerprint density at radius 1 is 1.19 bits per heavy atom. The van der Waals surface area contributed by atoms with Crippen LogP contribution in [0.4, 0.5) is 21.5 Å². The standard InChI is InChI=1S/C28H28ClFN4O2/c1-34-15-22(28(17-34,18-35)16-32-21-11-12-24(30)23(29)14-21)20-9-6-19(7-10-20)8-13-27(36)33-26-5-3-2-4-25(26)31/h2-14,18,22,32H,15-17,31H2,1H3,(H,33,36). The normalized spacial score (nSPS) is 19.9. The van der Waals surface area contributed by atoms with E-state index in [2.05, 4.69) is 15.5 Å². The number of anilines is 3. The first-order chi connectivity index (χ1) is 17.3. The quantitative estimate of drug-likeness (QED) is 0.226. The van der Waals surface area contributed by atoms with Crippen LogP contribution in [0.5, 0.6) is 0 Å². The number of benzene rings is 3. The van der Waals surface area contributed by atoms with Crippen molar-refractivity contribution >= 4 is 46.9 Å². The topological polar surface area (TPSA) is 87.5 Å². The number of hydrogen-bond acceptors (Lipinski definition) is 5. The van der Waals surface area contributed by atoms with Crippen LogP contribution in [-0.4, -0.2) is 43.8 Å². The Bertz CT molecular complexity index is 1280. The summed E-state index contributed by atoms with van der Waals surface area (Å²) < 4.78 is 13.5. The largest absolute Gasteiger partial charge is 0.397 e. The van der Waals surface area contributed by atoms with E-state index in [9.17, 15) is 14.0 Å². The molecule has 0 aliphatic carbocycles. The van der Waals surface area contributed by atoms with Crippen LogP contribution in [0, 0.1) is 11.2 Å². The number of nitrogens with one attached hydrogen (secondary N) is 2. The van der Waals surface area contributed by atoms with Gasteiger partial charge in [0.25, 0.3) is 0 Å². The molecule has 1 aliphatic rings. The fraction of sp³-hybridized carbons (Fsp3) is 0.214. The van der Waals surface area contributed by atoms with Crippen molar-refractivity contribution in [2.24, 2.45) is 5.41 Å². The van der Waals surface area contributed by atoms with Crippen molar-refractivity contribution in [3.8, 4) is 0 Å². The van der Waals surface area contributed by atoms with Crippen LogP contribution >= 0.6 is 11.6 Å². The van der Waals surface area contributed by atoms with E-state index in [0.29, 0.717) is 30.2 Å². The van der Waals surface area contributed by atoms with E-state index in [1.54, 1.807) is 36.4 Å². The molecule has 1 saturated heterocycles. The molecule has 36 heavy (non-hydrogen) atoms. The van der Waals surface area contributed by atoms with Crippen LogP contribution in [-0.2, 0) is 9.59 Å². The highest BCUT2D eigenvalue weighted by molar-refractivity contribution is 6.31. The van der Waals surface area contributed by atoms with Crippen molar-refractivity contribution in [1.82, 2.24) is 4.90 Å². The van der Waals surface area contributed by atoms with Gasteiger partial charge in [-0.3, -0.25) is 4.79 Å². The van der Waals surface area contributed by atoms with E-state index >= 15 is 0 Å². The second kappa shape index (κ2) is 10.9. The van der Waals surface area contributed by atoms with Crippen molar-refractivity contribution < 1.29 is 14.0 Å². The molecule has 4 N–H and O–H groups in total. The van der Waals surface area contributed by atoms with Crippen LogP contribution in [0.25, 0.3) is 6.08 Å². The van der Waals surface area contributed by atoms with Crippen molar-refractivity contribution in [1.29, 1.82) is 0 Å². The molecule has 2 atom stereocenters. The predicted octanol–water partition coefficient (Wildman–Crippen LogP) is 5.04. The van der Waals surface area contributed by atoms with Gasteiger partial charge in [-0.2, -0.15) is 0 Å². The molecular formula is C28H28ClFN4O2. The number of likely N-dealkylation sites (tertiary alicyclic amines) is 1. The summed E-state index contributed by atoms with van der Waals surface area (Å²) in [6, 6.07) is 19.3. The smallest absolute Gasteiger partial charge is 0.248 e. The molecule has 8 heteroatoms. The highest BCUT2D eigenvalue weighted by atomic mass is 35.5. The third-order valence-corrected chi connectivity index (χ3v) is 6.80. The molecule has 3 aromatic carbocycles. The number of aldehydes is 1. The van der Waals surface area contributed by atoms with Crippen LogP contribution in [0.3, 0.4) is 0 Å². The number of amides is 1. The highest BCUT2D eigenvalue weighted by Gasteiger charge is 2.46. The Morgan fingerprint density at radius 2 is 1.94 bits per heavy atom. The summed E-state index contributed by atoms with van der Waals surface area (Å²) in [6.45, 7) is 1.70. The van der Waals surface area contributed by atoms with Crippen molar-refractivity contribution in [3.63, 3.8) is 0 Å². The van der Waals surface area contributed by atoms with E-state index in [4.69, 9.17) is 17.3 Å². The van der Waals surface area contributed by atoms with E-state index in [1.807, 2.05) is 31.3 Å². The van der Waals surface area contributed by atoms with Gasteiger partial charge in [-0.05, 0) is 54.6 Å². The first-order valence-corrected chi connectivity index (χ1v) is 11.9. The fourth-order valence-electron chi connectivity index (χ4n) is 4.62. The molecule has 186 valence electrons. The zero-order chi connectivity index (χ0) is 25.7. The number of halogens is 2. The van der Waals surface area contributed by atoms with Crippen molar-refractivity contribution in [3.05, 3.63) is 94.8 Å². The second-order valence-electron chi connectivity index (χ2n) is 9.16. The fourth-order valence-corrected chi connectivity index (χ4v) is 4.80. The summed E-state index contributed by atoms with van der Waals surface area (Å²) in [7, 11) is 1.99. The van der Waals surface area contributed by atoms with Crippen molar-refractivity contribution in [2.75, 3.05) is 43.0 Å². The predicted molar refractivity (Wildman–Crippen MR) is 144 cm³/mol. The minimum absolute atomic E-state index is 0.0322. The molecule has 1 fully saturated rings. The molecule has 1 heterocycles. The number of hydrogen-bond donors (Lipinski definition) is 3. The molecule has 1 amide bonds. The van der Waals surface area contributed by atoms with Gasteiger partial charge >= 0.3 is 0 Å². The summed E-state index contributed by atoms with van der Waals surface area (Å²) in [6.07, 6.45) is 4.21. The lowest BCUT2D eigenvalue weighted by molar-refractivity contribution is -0.115. The molecule has 0 saturated carbocycles. The molecule has 2 unspecified atom stereocenters. The van der Waals surface area contributed by atoms with E-state index in [0.717, 1.165) is 24.0 Å². The number of rotatable bonds is 8. The zero-order valence-corrected chi connectivity index (χ0v) is 20.6. The number of likely N-dealkylation sites (N-methyl/N-ethyl adjacent to an activating group) is 1. The summed E-state index contributed by atoms with van der Waals surface area (Å²) in [5, 5.41) is 6.06. The van der Waals surface area contributed by atoms with Crippen LogP contribution < -0.4 is 16.4 Å². The SMILES string of the molecule is CN1CC(c2ccc(C=CC(=O)Nc3ccccc3N)cc2)C(C=O)(CNc2ccc(F)c(Cl)c2)C1. The average molecular weight is 507 g/mol. The monoisotopic (exact) mass is 506 g/mol. The van der Waals surface area contributed by atoms with Gasteiger partial charge in [0, 0.05) is 37.3 Å². The minimum atomic E-state index is -0.664. The van der Waals surface area contributed by atoms with Crippen molar-refractivity contribution in [2.45, 2.75) is 5.92 Å². The molecule has 0 radical (unpaired) electrons. The van der Waals surface area contributed by atoms with E-state index in [-0.39, 0.29) is 16.8 Å². The lowest BCUT2D eigenvalue weighted by Gasteiger charge is -2.30. The Hall–Kier alpha value is -3.68. The number of nitrogens with two attached hydrogens (primary N) is 1. The van der Waals surface area contributed by atoms with Crippen LogP contribution in [0.2, 0.25) is 5.02 Å². The van der Waals surface area contributed by atoms with Gasteiger partial charge < -0.3 is 26.1 Å². The molecule has 0 bridgehead atoms. The molecule has 3 aromatic rings. The first-order valence-electron chi connectivity index (χ1n) is 11.6. The lowest BCUT2D eigenvalue weighted by atomic mass is 9.75. The summed E-state index contributed by atoms with van der Waals surface area (Å²) >= 11 is 5.90. The van der Waals surface area contributed by atoms with Gasteiger partial charge in [-0.25, -0.2) is 4.39 Å². The van der Waals surface area contributed by atoms with Gasteiger partial charge in [-0.15, -0.1) is 0 Å². The van der Waals surface area contributed by atoms with Gasteiger partial charge in [-0.1, -0.05) is 48.0 Å². The maximum absolute atomic E-state index is 13.5. The molecule has 0 spiro atoms. The van der Waals surface area contributed by atoms with Gasteiger partial charge in [0.2, 0.25) is 5.91 Å². The third-order valence-electron chi connectivity index (χ3n) is 6.51. The number of carbonyl (C=O) groups is 2. The maximum atomic E-state index is 13.5. The van der Waals surface area contributed by atoms with Crippen LogP contribution in [0.1, 0.15) is 17.0 Å². The molecule has 6 nitrogen and oxygen atoms in total. The van der Waals surface area contributed by atoms with Gasteiger partial charge in [0.15, 0.2) is 0 Å². The minimum Gasteiger partial charge on any atom is -0.397 e. The highest BCUT2D eigenvalue weighted by Crippen LogP contribution is 2.41. The zero-order valence-electron chi connectivity index (χ0n) is 19.9. The summed E-state index contributed by atoms with van der Waals surface area (Å²) in [5.41, 5.74) is 8.82. The van der Waals surface area contributed by atoms with Crippen LogP contribution in [0.15, 0.2) is 72.8 Å². The average Bonchev–Trinajstić information content (AvgIpc) is 3.22. The molecule has 4 rings (SSSR count). The van der Waals surface area contributed by atoms with Gasteiger partial charge in [0.1, 0.15) is 12.1 Å². The number of nitrogens with zero attached hydrogens (tertiary/aromatic N) is 1. The Balaban J connectivity index is 1.45. The third kappa shape index (κ3) is 5.75. The van der Waals surface area contributed by atoms with Gasteiger partial charge in [0.05, 0.1) is 21.8 Å². The first kappa shape index (κ1) is 25.4. The maximum Gasteiger partial charge on any atom is 0.248 e. The molecule has 0 aromatic heterocycles. The molecular weight excluding hydrogens is 479 g/mol. The number of para-hydroxylation sites is 2. The number of nitrogen functional groups attached to an aromatic ring is 1. The number of carbonyl (C=O) groups excluding carboxylic acids is 2. The Morgan fingerprint density at radius 3 is 2.64 bits per heavy atom. The Kier molecular flexibility index (Phi) is 7.72.